The van der Waals surface area contributed by atoms with Crippen LogP contribution >= 0.6 is 0 Å². The molecule has 2 heterocycles. The van der Waals surface area contributed by atoms with Crippen molar-refractivity contribution >= 4 is 11.0 Å². The summed E-state index contributed by atoms with van der Waals surface area (Å²) in [5, 5.41) is 19.5. The van der Waals surface area contributed by atoms with Crippen LogP contribution in [0.4, 0.5) is 13.2 Å². The maximum atomic E-state index is 12.9. The molecule has 1 aliphatic carbocycles. The Labute approximate surface area is 159 Å². The SMILES string of the molecule is COC1(C)CC(n2ccc3cc(-c4c(C)cc(C(F)(F)F)cc4O)nnc32)C1. The predicted octanol–water partition coefficient (Wildman–Crippen LogP) is 4.87. The molecule has 28 heavy (non-hydrogen) atoms. The third kappa shape index (κ3) is 3.01. The van der Waals surface area contributed by atoms with E-state index in [0.717, 1.165) is 30.4 Å². The van der Waals surface area contributed by atoms with Gasteiger partial charge < -0.3 is 14.4 Å². The van der Waals surface area contributed by atoms with Gasteiger partial charge in [0.15, 0.2) is 5.65 Å². The van der Waals surface area contributed by atoms with Crippen LogP contribution in [0.3, 0.4) is 0 Å². The molecule has 0 atom stereocenters. The summed E-state index contributed by atoms with van der Waals surface area (Å²) in [6.07, 6.45) is -0.847. The van der Waals surface area contributed by atoms with Crippen LogP contribution in [0.15, 0.2) is 30.5 Å². The molecule has 0 amide bonds. The average Bonchev–Trinajstić information content (AvgIpc) is 3.00. The molecule has 1 saturated carbocycles. The maximum absolute atomic E-state index is 12.9. The van der Waals surface area contributed by atoms with Crippen molar-refractivity contribution < 1.29 is 23.0 Å². The quantitative estimate of drug-likeness (QED) is 0.692. The number of ether oxygens (including phenoxy) is 1. The molecule has 0 saturated heterocycles. The van der Waals surface area contributed by atoms with Gasteiger partial charge in [0.05, 0.1) is 16.9 Å². The summed E-state index contributed by atoms with van der Waals surface area (Å²) in [5.74, 6) is -0.463. The van der Waals surface area contributed by atoms with Gasteiger partial charge >= 0.3 is 6.18 Å². The zero-order valence-electron chi connectivity index (χ0n) is 15.7. The van der Waals surface area contributed by atoms with E-state index in [4.69, 9.17) is 4.74 Å². The molecule has 5 nitrogen and oxygen atoms in total. The topological polar surface area (TPSA) is 60.2 Å². The number of alkyl halides is 3. The minimum Gasteiger partial charge on any atom is -0.507 e. The van der Waals surface area contributed by atoms with Crippen LogP contribution in [-0.4, -0.2) is 32.6 Å². The number of aromatic nitrogens is 3. The van der Waals surface area contributed by atoms with E-state index in [9.17, 15) is 18.3 Å². The van der Waals surface area contributed by atoms with E-state index in [-0.39, 0.29) is 22.8 Å². The van der Waals surface area contributed by atoms with Gasteiger partial charge in [-0.05, 0) is 56.5 Å². The fraction of sp³-hybridized carbons (Fsp3) is 0.400. The second-order valence-corrected chi connectivity index (χ2v) is 7.63. The van der Waals surface area contributed by atoms with Gasteiger partial charge in [0.2, 0.25) is 0 Å². The normalized spacial score (nSPS) is 22.4. The summed E-state index contributed by atoms with van der Waals surface area (Å²) < 4.78 is 46.4. The van der Waals surface area contributed by atoms with Gasteiger partial charge in [-0.3, -0.25) is 0 Å². The Morgan fingerprint density at radius 3 is 2.54 bits per heavy atom. The van der Waals surface area contributed by atoms with Crippen molar-refractivity contribution in [3.63, 3.8) is 0 Å². The van der Waals surface area contributed by atoms with E-state index in [1.807, 2.05) is 16.8 Å². The summed E-state index contributed by atoms with van der Waals surface area (Å²) in [7, 11) is 1.70. The first kappa shape index (κ1) is 18.7. The molecule has 1 fully saturated rings. The molecule has 148 valence electrons. The number of fused-ring (bicyclic) bond motifs is 1. The molecule has 1 aromatic carbocycles. The van der Waals surface area contributed by atoms with Gasteiger partial charge in [-0.15, -0.1) is 10.2 Å². The number of aromatic hydroxyl groups is 1. The number of nitrogens with zero attached hydrogens (tertiary/aromatic N) is 3. The van der Waals surface area contributed by atoms with Crippen molar-refractivity contribution in [3.05, 3.63) is 41.6 Å². The number of aryl methyl sites for hydroxylation is 1. The standard InChI is InChI=1S/C20H20F3N3O2/c1-11-6-13(20(21,22)23)8-16(27)17(11)15-7-12-4-5-26(18(12)25-24-15)14-9-19(2,10-14)28-3/h4-8,14,27H,9-10H2,1-3H3. The molecule has 2 aromatic heterocycles. The highest BCUT2D eigenvalue weighted by Gasteiger charge is 2.42. The van der Waals surface area contributed by atoms with E-state index in [2.05, 4.69) is 17.1 Å². The number of methoxy groups -OCH3 is 1. The fourth-order valence-corrected chi connectivity index (χ4v) is 3.94. The first-order chi connectivity index (χ1) is 13.1. The Morgan fingerprint density at radius 2 is 1.93 bits per heavy atom. The first-order valence-electron chi connectivity index (χ1n) is 8.92. The lowest BCUT2D eigenvalue weighted by molar-refractivity contribution is -0.137. The second kappa shape index (κ2) is 6.20. The van der Waals surface area contributed by atoms with Crippen LogP contribution in [0.1, 0.15) is 36.9 Å². The number of benzene rings is 1. The molecule has 1 aliphatic rings. The third-order valence-electron chi connectivity index (χ3n) is 5.58. The van der Waals surface area contributed by atoms with Crippen molar-refractivity contribution in [1.29, 1.82) is 0 Å². The van der Waals surface area contributed by atoms with Crippen molar-refractivity contribution in [3.8, 4) is 17.0 Å². The highest BCUT2D eigenvalue weighted by molar-refractivity contribution is 5.82. The fourth-order valence-electron chi connectivity index (χ4n) is 3.94. The van der Waals surface area contributed by atoms with Crippen LogP contribution in [0.2, 0.25) is 0 Å². The monoisotopic (exact) mass is 391 g/mol. The number of hydrogen-bond acceptors (Lipinski definition) is 4. The smallest absolute Gasteiger partial charge is 0.416 e. The number of phenolic OH excluding ortho intramolecular Hbond substituents is 1. The first-order valence-corrected chi connectivity index (χ1v) is 8.92. The third-order valence-corrected chi connectivity index (χ3v) is 5.58. The largest absolute Gasteiger partial charge is 0.507 e. The van der Waals surface area contributed by atoms with Crippen LogP contribution in [-0.2, 0) is 10.9 Å². The number of hydrogen-bond donors (Lipinski definition) is 1. The summed E-state index contributed by atoms with van der Waals surface area (Å²) in [6.45, 7) is 3.58. The molecule has 0 spiro atoms. The zero-order valence-corrected chi connectivity index (χ0v) is 15.7. The van der Waals surface area contributed by atoms with E-state index in [0.29, 0.717) is 11.3 Å². The molecular formula is C20H20F3N3O2. The Morgan fingerprint density at radius 1 is 1.21 bits per heavy atom. The minimum absolute atomic E-state index is 0.127. The van der Waals surface area contributed by atoms with Gasteiger partial charge in [0, 0.05) is 30.3 Å². The highest BCUT2D eigenvalue weighted by atomic mass is 19.4. The summed E-state index contributed by atoms with van der Waals surface area (Å²) in [6, 6.07) is 5.63. The maximum Gasteiger partial charge on any atom is 0.416 e. The second-order valence-electron chi connectivity index (χ2n) is 7.63. The van der Waals surface area contributed by atoms with E-state index >= 15 is 0 Å². The van der Waals surface area contributed by atoms with Gasteiger partial charge in [0.25, 0.3) is 0 Å². The Kier molecular flexibility index (Phi) is 4.15. The number of rotatable bonds is 3. The lowest BCUT2D eigenvalue weighted by atomic mass is 9.77. The van der Waals surface area contributed by atoms with E-state index in [1.54, 1.807) is 13.2 Å². The highest BCUT2D eigenvalue weighted by Crippen LogP contribution is 2.45. The average molecular weight is 391 g/mol. The molecular weight excluding hydrogens is 371 g/mol. The van der Waals surface area contributed by atoms with Crippen LogP contribution in [0.25, 0.3) is 22.3 Å². The van der Waals surface area contributed by atoms with Crippen LogP contribution < -0.4 is 0 Å². The number of halogens is 3. The molecule has 0 aliphatic heterocycles. The summed E-state index contributed by atoms with van der Waals surface area (Å²) in [5.41, 5.74) is 0.566. The molecule has 8 heteroatoms. The Bertz CT molecular complexity index is 1030. The summed E-state index contributed by atoms with van der Waals surface area (Å²) >= 11 is 0. The minimum atomic E-state index is -4.52. The molecule has 0 bridgehead atoms. The van der Waals surface area contributed by atoms with E-state index in [1.165, 1.54) is 6.92 Å². The lowest BCUT2D eigenvalue weighted by Gasteiger charge is -2.44. The molecule has 3 aromatic rings. The molecule has 4 rings (SSSR count). The lowest BCUT2D eigenvalue weighted by Crippen LogP contribution is -2.43. The predicted molar refractivity (Wildman–Crippen MR) is 98.1 cm³/mol. The molecule has 1 N–H and O–H groups in total. The van der Waals surface area contributed by atoms with Crippen molar-refractivity contribution in [2.45, 2.75) is 44.5 Å². The molecule has 0 unspecified atom stereocenters. The van der Waals surface area contributed by atoms with Gasteiger partial charge in [-0.2, -0.15) is 13.2 Å². The van der Waals surface area contributed by atoms with Gasteiger partial charge in [-0.1, -0.05) is 0 Å². The Hall–Kier alpha value is -2.61. The van der Waals surface area contributed by atoms with Crippen LogP contribution in [0, 0.1) is 6.92 Å². The van der Waals surface area contributed by atoms with Gasteiger partial charge in [0.1, 0.15) is 5.75 Å². The Balaban J connectivity index is 1.70. The van der Waals surface area contributed by atoms with Gasteiger partial charge in [-0.25, -0.2) is 0 Å². The van der Waals surface area contributed by atoms with Crippen molar-refractivity contribution in [1.82, 2.24) is 14.8 Å². The van der Waals surface area contributed by atoms with Crippen LogP contribution in [0.5, 0.6) is 5.75 Å². The van der Waals surface area contributed by atoms with Crippen molar-refractivity contribution in [2.75, 3.05) is 7.11 Å². The molecule has 0 radical (unpaired) electrons. The summed E-state index contributed by atoms with van der Waals surface area (Å²) in [4.78, 5) is 0. The van der Waals surface area contributed by atoms with E-state index < -0.39 is 17.5 Å². The van der Waals surface area contributed by atoms with Crippen molar-refractivity contribution in [2.24, 2.45) is 0 Å². The number of phenols is 1. The zero-order chi connectivity index (χ0) is 20.3.